The predicted molar refractivity (Wildman–Crippen MR) is 133 cm³/mol. The van der Waals surface area contributed by atoms with E-state index < -0.39 is 0 Å². The summed E-state index contributed by atoms with van der Waals surface area (Å²) in [4.78, 5) is 16.7. The topological polar surface area (TPSA) is 94.6 Å². The van der Waals surface area contributed by atoms with Gasteiger partial charge >= 0.3 is 0 Å². The number of nitrogens with zero attached hydrogens (tertiary/aromatic N) is 4. The second-order valence-corrected chi connectivity index (χ2v) is 10.2. The standard InChI is InChI=1S/C26H35N5O3/c1-17(2)22(16-32-15-20-12-23(30-34-20)26(3,4)5)31-14-18-11-24(28-13-21(18)29-25(31)27)33-19-9-7-6-8-10-19/h6-11,13,17,20,22H,12,14-16H2,1-5H3,(H2,27,29)/t20?,22-/m0/s1. The number of nitrogens with two attached hydrogens (primary N) is 1. The lowest BCUT2D eigenvalue weighted by molar-refractivity contribution is -0.0160. The highest BCUT2D eigenvalue weighted by molar-refractivity contribution is 5.90. The number of para-hydroxylation sites is 1. The van der Waals surface area contributed by atoms with E-state index in [0.717, 1.165) is 29.1 Å². The molecule has 2 N–H and O–H groups in total. The van der Waals surface area contributed by atoms with Gasteiger partial charge in [0.2, 0.25) is 5.88 Å². The Morgan fingerprint density at radius 1 is 1.21 bits per heavy atom. The number of aromatic nitrogens is 1. The van der Waals surface area contributed by atoms with Gasteiger partial charge in [-0.05, 0) is 18.1 Å². The number of hydrogen-bond acceptors (Lipinski definition) is 8. The number of hydrogen-bond donors (Lipinski definition) is 1. The van der Waals surface area contributed by atoms with Crippen molar-refractivity contribution < 1.29 is 14.3 Å². The summed E-state index contributed by atoms with van der Waals surface area (Å²) < 4.78 is 12.0. The average Bonchev–Trinajstić information content (AvgIpc) is 3.27. The summed E-state index contributed by atoms with van der Waals surface area (Å²) in [6.45, 7) is 12.4. The quantitative estimate of drug-likeness (QED) is 0.598. The van der Waals surface area contributed by atoms with Crippen LogP contribution in [0.15, 0.2) is 52.7 Å². The number of guanidine groups is 1. The highest BCUT2D eigenvalue weighted by atomic mass is 16.7. The van der Waals surface area contributed by atoms with E-state index in [1.807, 2.05) is 36.4 Å². The smallest absolute Gasteiger partial charge is 0.219 e. The molecule has 0 spiro atoms. The van der Waals surface area contributed by atoms with Crippen molar-refractivity contribution in [2.24, 2.45) is 27.2 Å². The summed E-state index contributed by atoms with van der Waals surface area (Å²) in [5.41, 5.74) is 9.25. The Balaban J connectivity index is 1.39. The Morgan fingerprint density at radius 3 is 2.65 bits per heavy atom. The first-order valence-corrected chi connectivity index (χ1v) is 11.8. The van der Waals surface area contributed by atoms with Crippen molar-refractivity contribution in [3.63, 3.8) is 0 Å². The lowest BCUT2D eigenvalue weighted by Crippen LogP contribution is -2.50. The van der Waals surface area contributed by atoms with Gasteiger partial charge in [-0.25, -0.2) is 9.98 Å². The average molecular weight is 466 g/mol. The Bertz CT molecular complexity index is 1050. The minimum atomic E-state index is -0.0427. The Hall–Kier alpha value is -3.13. The van der Waals surface area contributed by atoms with Gasteiger partial charge in [0.1, 0.15) is 5.75 Å². The van der Waals surface area contributed by atoms with Crippen LogP contribution in [0.5, 0.6) is 11.6 Å². The van der Waals surface area contributed by atoms with Crippen molar-refractivity contribution in [1.29, 1.82) is 0 Å². The number of benzene rings is 1. The van der Waals surface area contributed by atoms with Gasteiger partial charge in [-0.2, -0.15) is 0 Å². The third kappa shape index (κ3) is 5.67. The molecule has 1 aromatic carbocycles. The fraction of sp³-hybridized carbons (Fsp3) is 0.500. The van der Waals surface area contributed by atoms with Crippen LogP contribution < -0.4 is 10.5 Å². The van der Waals surface area contributed by atoms with Crippen LogP contribution in [0.25, 0.3) is 0 Å². The van der Waals surface area contributed by atoms with E-state index in [1.165, 1.54) is 0 Å². The van der Waals surface area contributed by atoms with Crippen LogP contribution >= 0.6 is 0 Å². The molecule has 8 heteroatoms. The Labute approximate surface area is 201 Å². The minimum absolute atomic E-state index is 0.0132. The summed E-state index contributed by atoms with van der Waals surface area (Å²) in [5.74, 6) is 2.06. The molecule has 2 aliphatic heterocycles. The fourth-order valence-corrected chi connectivity index (χ4v) is 4.02. The van der Waals surface area contributed by atoms with E-state index in [0.29, 0.717) is 37.5 Å². The van der Waals surface area contributed by atoms with Crippen molar-refractivity contribution in [2.75, 3.05) is 13.2 Å². The van der Waals surface area contributed by atoms with E-state index in [-0.39, 0.29) is 17.6 Å². The number of rotatable bonds is 8. The minimum Gasteiger partial charge on any atom is -0.439 e. The van der Waals surface area contributed by atoms with E-state index in [2.05, 4.69) is 54.7 Å². The third-order valence-corrected chi connectivity index (χ3v) is 6.14. The maximum absolute atomic E-state index is 6.37. The molecule has 0 amide bonds. The maximum atomic E-state index is 6.37. The highest BCUT2D eigenvalue weighted by Crippen LogP contribution is 2.31. The molecule has 34 heavy (non-hydrogen) atoms. The van der Waals surface area contributed by atoms with E-state index in [1.54, 1.807) is 6.20 Å². The van der Waals surface area contributed by atoms with Crippen LogP contribution in [0.1, 0.15) is 46.6 Å². The first kappa shape index (κ1) is 24.0. The molecule has 4 rings (SSSR count). The molecule has 182 valence electrons. The van der Waals surface area contributed by atoms with Gasteiger partial charge in [0.25, 0.3) is 0 Å². The fourth-order valence-electron chi connectivity index (χ4n) is 4.02. The monoisotopic (exact) mass is 465 g/mol. The van der Waals surface area contributed by atoms with Gasteiger partial charge in [-0.3, -0.25) is 0 Å². The number of ether oxygens (including phenoxy) is 2. The number of pyridine rings is 1. The van der Waals surface area contributed by atoms with E-state index >= 15 is 0 Å². The van der Waals surface area contributed by atoms with Gasteiger partial charge in [0.15, 0.2) is 12.1 Å². The van der Waals surface area contributed by atoms with Gasteiger partial charge in [0.05, 0.1) is 36.9 Å². The SMILES string of the molecule is CC(C)[C@H](COCC1CC(C(C)(C)C)=NO1)N1Cc2cc(Oc3ccccc3)ncc2N=C1N. The molecule has 0 fully saturated rings. The number of oxime groups is 1. The van der Waals surface area contributed by atoms with Crippen LogP contribution in [0.3, 0.4) is 0 Å². The Kier molecular flexibility index (Phi) is 7.07. The molecule has 3 heterocycles. The van der Waals surface area contributed by atoms with Crippen LogP contribution in [0, 0.1) is 11.3 Å². The molecular formula is C26H35N5O3. The number of fused-ring (bicyclic) bond motifs is 1. The van der Waals surface area contributed by atoms with Crippen molar-refractivity contribution in [1.82, 2.24) is 9.88 Å². The summed E-state index contributed by atoms with van der Waals surface area (Å²) in [7, 11) is 0. The second kappa shape index (κ2) is 10.0. The molecule has 1 unspecified atom stereocenters. The van der Waals surface area contributed by atoms with Gasteiger partial charge in [-0.1, -0.05) is 58.0 Å². The van der Waals surface area contributed by atoms with E-state index in [4.69, 9.17) is 20.0 Å². The highest BCUT2D eigenvalue weighted by Gasteiger charge is 2.31. The van der Waals surface area contributed by atoms with Crippen LogP contribution in [-0.2, 0) is 16.1 Å². The van der Waals surface area contributed by atoms with Crippen molar-refractivity contribution in [2.45, 2.75) is 59.7 Å². The van der Waals surface area contributed by atoms with Crippen LogP contribution in [-0.4, -0.2) is 46.9 Å². The molecule has 1 aromatic heterocycles. The third-order valence-electron chi connectivity index (χ3n) is 6.14. The van der Waals surface area contributed by atoms with Crippen molar-refractivity contribution in [3.8, 4) is 11.6 Å². The molecule has 0 radical (unpaired) electrons. The van der Waals surface area contributed by atoms with E-state index in [9.17, 15) is 0 Å². The molecule has 2 aromatic rings. The summed E-state index contributed by atoms with van der Waals surface area (Å²) in [6, 6.07) is 11.6. The second-order valence-electron chi connectivity index (χ2n) is 10.2. The number of aliphatic imine (C=N–C) groups is 1. The molecule has 2 atom stereocenters. The summed E-state index contributed by atoms with van der Waals surface area (Å²) >= 11 is 0. The largest absolute Gasteiger partial charge is 0.439 e. The molecule has 0 bridgehead atoms. The first-order valence-electron chi connectivity index (χ1n) is 11.8. The van der Waals surface area contributed by atoms with Crippen LogP contribution in [0.2, 0.25) is 0 Å². The lowest BCUT2D eigenvalue weighted by Gasteiger charge is -2.37. The zero-order chi connectivity index (χ0) is 24.3. The lowest BCUT2D eigenvalue weighted by atomic mass is 9.87. The maximum Gasteiger partial charge on any atom is 0.219 e. The normalized spacial score (nSPS) is 18.8. The molecule has 0 saturated heterocycles. The first-order chi connectivity index (χ1) is 16.2. The molecule has 2 aliphatic rings. The summed E-state index contributed by atoms with van der Waals surface area (Å²) in [5, 5.41) is 4.26. The van der Waals surface area contributed by atoms with Crippen LogP contribution in [0.4, 0.5) is 5.69 Å². The predicted octanol–water partition coefficient (Wildman–Crippen LogP) is 4.87. The Morgan fingerprint density at radius 2 is 1.97 bits per heavy atom. The summed E-state index contributed by atoms with van der Waals surface area (Å²) in [6.07, 6.45) is 2.47. The molecule has 0 saturated carbocycles. The van der Waals surface area contributed by atoms with Gasteiger partial charge in [0, 0.05) is 30.0 Å². The molecule has 0 aliphatic carbocycles. The zero-order valence-corrected chi connectivity index (χ0v) is 20.7. The molecule has 8 nitrogen and oxygen atoms in total. The van der Waals surface area contributed by atoms with Crippen molar-refractivity contribution >= 4 is 17.4 Å². The van der Waals surface area contributed by atoms with Gasteiger partial charge < -0.3 is 24.9 Å². The molecular weight excluding hydrogens is 430 g/mol. The zero-order valence-electron chi connectivity index (χ0n) is 20.7. The van der Waals surface area contributed by atoms with Crippen molar-refractivity contribution in [3.05, 3.63) is 48.2 Å². The van der Waals surface area contributed by atoms with Gasteiger partial charge in [-0.15, -0.1) is 0 Å².